The summed E-state index contributed by atoms with van der Waals surface area (Å²) >= 11 is 5.29. The molecular formula is C19H26I3N3O10. The summed E-state index contributed by atoms with van der Waals surface area (Å²) in [4.78, 5) is 39.7. The second-order valence-corrected chi connectivity index (χ2v) is 10.4. The number of nitrogens with one attached hydrogen (secondary N) is 2. The van der Waals surface area contributed by atoms with Crippen molar-refractivity contribution in [2.24, 2.45) is 0 Å². The third-order valence-electron chi connectivity index (χ3n) is 4.92. The predicted molar refractivity (Wildman–Crippen MR) is 148 cm³/mol. The molecule has 9 N–H and O–H groups in total. The first-order valence-electron chi connectivity index (χ1n) is 9.90. The average molecular weight is 837 g/mol. The van der Waals surface area contributed by atoms with Gasteiger partial charge in [0.2, 0.25) is 0 Å². The Kier molecular flexibility index (Phi) is 14.0. The molecule has 198 valence electrons. The predicted octanol–water partition coefficient (Wildman–Crippen LogP) is -2.66. The number of carbonyl (C=O) groups excluding carboxylic acids is 3. The number of halogens is 3. The minimum Gasteiger partial charge on any atom is -0.394 e. The summed E-state index contributed by atoms with van der Waals surface area (Å²) in [5.41, 5.74) is -0.0973. The van der Waals surface area contributed by atoms with Crippen LogP contribution in [0.5, 0.6) is 0 Å². The average Bonchev–Trinajstić information content (AvgIpc) is 2.83. The highest BCUT2D eigenvalue weighted by Gasteiger charge is 2.33. The van der Waals surface area contributed by atoms with Gasteiger partial charge in [-0.05, 0) is 67.8 Å². The van der Waals surface area contributed by atoms with E-state index in [1.165, 1.54) is 7.05 Å². The first-order chi connectivity index (χ1) is 16.4. The Morgan fingerprint density at radius 3 is 1.40 bits per heavy atom. The van der Waals surface area contributed by atoms with E-state index in [1.807, 2.05) is 0 Å². The van der Waals surface area contributed by atoms with Gasteiger partial charge in [0, 0.05) is 10.6 Å². The van der Waals surface area contributed by atoms with Crippen molar-refractivity contribution in [2.45, 2.75) is 24.3 Å². The second kappa shape index (κ2) is 15.1. The summed E-state index contributed by atoms with van der Waals surface area (Å²) in [6, 6.07) is -2.48. The lowest BCUT2D eigenvalue weighted by Crippen LogP contribution is -2.49. The van der Waals surface area contributed by atoms with Crippen LogP contribution in [0.3, 0.4) is 0 Å². The van der Waals surface area contributed by atoms with E-state index in [2.05, 4.69) is 10.6 Å². The highest BCUT2D eigenvalue weighted by atomic mass is 127. The van der Waals surface area contributed by atoms with Gasteiger partial charge in [-0.2, -0.15) is 0 Å². The molecule has 4 atom stereocenters. The number of anilines is 1. The van der Waals surface area contributed by atoms with Gasteiger partial charge in [-0.1, -0.05) is 0 Å². The fraction of sp³-hybridized carbons (Fsp3) is 0.526. The molecule has 0 fully saturated rings. The molecule has 4 unspecified atom stereocenters. The van der Waals surface area contributed by atoms with Gasteiger partial charge in [-0.25, -0.2) is 0 Å². The monoisotopic (exact) mass is 837 g/mol. The first-order valence-corrected chi connectivity index (χ1v) is 13.1. The van der Waals surface area contributed by atoms with Gasteiger partial charge in [0.1, 0.15) is 6.61 Å². The van der Waals surface area contributed by atoms with Crippen molar-refractivity contribution < 1.29 is 50.1 Å². The number of amides is 3. The maximum atomic E-state index is 13.2. The molecule has 0 saturated carbocycles. The third kappa shape index (κ3) is 7.77. The lowest BCUT2D eigenvalue weighted by molar-refractivity contribution is -0.121. The Morgan fingerprint density at radius 1 is 0.743 bits per heavy atom. The van der Waals surface area contributed by atoms with E-state index < -0.39 is 75.0 Å². The van der Waals surface area contributed by atoms with Gasteiger partial charge in [-0.15, -0.1) is 0 Å². The van der Waals surface area contributed by atoms with Gasteiger partial charge < -0.3 is 51.3 Å². The SMILES string of the molecule is CN(C(=O)CO)c1c(I)c(C(=O)NC(CO)C(O)CO)c(I)c(C(=O)NC(CO)C(O)CO)c1I. The van der Waals surface area contributed by atoms with Crippen molar-refractivity contribution in [3.05, 3.63) is 21.8 Å². The first kappa shape index (κ1) is 32.6. The number of likely N-dealkylation sites (N-methyl/N-ethyl adjacent to an activating group) is 1. The maximum absolute atomic E-state index is 13.2. The Balaban J connectivity index is 3.76. The number of hydrogen-bond donors (Lipinski definition) is 9. The van der Waals surface area contributed by atoms with E-state index in [1.54, 1.807) is 67.8 Å². The normalized spacial score (nSPS) is 14.6. The molecule has 1 aromatic carbocycles. The lowest BCUT2D eigenvalue weighted by atomic mass is 10.0. The smallest absolute Gasteiger partial charge is 0.253 e. The summed E-state index contributed by atoms with van der Waals surface area (Å²) in [6.45, 7) is -3.75. The molecule has 0 aliphatic heterocycles. The van der Waals surface area contributed by atoms with Crippen LogP contribution in [-0.2, 0) is 4.79 Å². The van der Waals surface area contributed by atoms with Crippen LogP contribution in [0.4, 0.5) is 5.69 Å². The third-order valence-corrected chi connectivity index (χ3v) is 8.10. The van der Waals surface area contributed by atoms with Gasteiger partial charge in [0.05, 0.1) is 74.7 Å². The van der Waals surface area contributed by atoms with Crippen molar-refractivity contribution in [1.29, 1.82) is 0 Å². The zero-order valence-corrected chi connectivity index (χ0v) is 24.8. The van der Waals surface area contributed by atoms with E-state index in [0.29, 0.717) is 0 Å². The summed E-state index contributed by atoms with van der Waals surface area (Å²) in [5.74, 6) is -2.42. The fourth-order valence-corrected chi connectivity index (χ4v) is 7.71. The number of nitrogens with zero attached hydrogens (tertiary/aromatic N) is 1. The van der Waals surface area contributed by atoms with Crippen molar-refractivity contribution in [3.8, 4) is 0 Å². The topological polar surface area (TPSA) is 220 Å². The molecule has 0 aromatic heterocycles. The van der Waals surface area contributed by atoms with Gasteiger partial charge >= 0.3 is 0 Å². The van der Waals surface area contributed by atoms with Crippen molar-refractivity contribution in [1.82, 2.24) is 10.6 Å². The Hall–Kier alpha value is -0.460. The molecule has 0 aliphatic rings. The van der Waals surface area contributed by atoms with Crippen LogP contribution in [0.2, 0.25) is 0 Å². The second-order valence-electron chi connectivity index (χ2n) is 7.18. The van der Waals surface area contributed by atoms with E-state index in [4.69, 9.17) is 10.2 Å². The zero-order chi connectivity index (χ0) is 27.0. The Bertz CT molecular complexity index is 877. The molecule has 1 rings (SSSR count). The van der Waals surface area contributed by atoms with Crippen LogP contribution >= 0.6 is 67.8 Å². The minimum absolute atomic E-state index is 0.101. The zero-order valence-electron chi connectivity index (χ0n) is 18.3. The number of rotatable bonds is 12. The van der Waals surface area contributed by atoms with Crippen LogP contribution < -0.4 is 15.5 Å². The Labute approximate surface area is 241 Å². The lowest BCUT2D eigenvalue weighted by Gasteiger charge is -2.27. The molecule has 0 spiro atoms. The molecule has 0 radical (unpaired) electrons. The van der Waals surface area contributed by atoms with E-state index in [0.717, 1.165) is 4.90 Å². The summed E-state index contributed by atoms with van der Waals surface area (Å²) in [7, 11) is 1.33. The molecule has 16 heteroatoms. The standard InChI is InChI=1S/C19H26I3N3O10/c1-25(11(33)6-30)17-15(21)12(18(34)23-7(2-26)9(31)4-28)14(20)13(16(17)22)19(35)24-8(3-27)10(32)5-29/h7-10,26-32H,2-6H2,1H3,(H,23,34)(H,24,35). The summed E-state index contributed by atoms with van der Waals surface area (Å²) in [6.07, 6.45) is -2.96. The van der Waals surface area contributed by atoms with Crippen LogP contribution in [0.25, 0.3) is 0 Å². The Morgan fingerprint density at radius 2 is 1.11 bits per heavy atom. The number of carbonyl (C=O) groups is 3. The molecule has 0 heterocycles. The number of benzene rings is 1. The number of aliphatic hydroxyl groups excluding tert-OH is 7. The summed E-state index contributed by atoms with van der Waals surface area (Å²) < 4.78 is 0.517. The van der Waals surface area contributed by atoms with E-state index in [9.17, 15) is 39.9 Å². The van der Waals surface area contributed by atoms with E-state index in [-0.39, 0.29) is 27.5 Å². The molecule has 0 saturated heterocycles. The van der Waals surface area contributed by atoms with Gasteiger partial charge in [-0.3, -0.25) is 14.4 Å². The van der Waals surface area contributed by atoms with Crippen molar-refractivity contribution in [3.63, 3.8) is 0 Å². The molecular weight excluding hydrogens is 811 g/mol. The highest BCUT2D eigenvalue weighted by molar-refractivity contribution is 14.1. The summed E-state index contributed by atoms with van der Waals surface area (Å²) in [5, 5.41) is 71.1. The maximum Gasteiger partial charge on any atom is 0.253 e. The van der Waals surface area contributed by atoms with Crippen molar-refractivity contribution in [2.75, 3.05) is 45.0 Å². The van der Waals surface area contributed by atoms with Gasteiger partial charge in [0.25, 0.3) is 17.7 Å². The minimum atomic E-state index is -1.48. The molecule has 1 aromatic rings. The molecule has 0 aliphatic carbocycles. The van der Waals surface area contributed by atoms with Crippen molar-refractivity contribution >= 4 is 91.2 Å². The number of aliphatic hydroxyl groups is 7. The number of hydrogen-bond acceptors (Lipinski definition) is 10. The molecule has 13 nitrogen and oxygen atoms in total. The molecule has 35 heavy (non-hydrogen) atoms. The highest BCUT2D eigenvalue weighted by Crippen LogP contribution is 2.37. The van der Waals surface area contributed by atoms with E-state index >= 15 is 0 Å². The van der Waals surface area contributed by atoms with Crippen LogP contribution in [0.1, 0.15) is 20.7 Å². The fourth-order valence-electron chi connectivity index (χ4n) is 2.84. The van der Waals surface area contributed by atoms with Crippen LogP contribution in [0.15, 0.2) is 0 Å². The molecule has 0 bridgehead atoms. The van der Waals surface area contributed by atoms with Gasteiger partial charge in [0.15, 0.2) is 0 Å². The molecule has 3 amide bonds. The largest absolute Gasteiger partial charge is 0.394 e. The van der Waals surface area contributed by atoms with Crippen LogP contribution in [-0.4, -0.2) is 118 Å². The quantitative estimate of drug-likeness (QED) is 0.0997. The van der Waals surface area contributed by atoms with Crippen LogP contribution in [0, 0.1) is 10.7 Å².